The van der Waals surface area contributed by atoms with Crippen LogP contribution in [-0.4, -0.2) is 67.1 Å². The van der Waals surface area contributed by atoms with Crippen LogP contribution in [0.15, 0.2) is 5.10 Å². The first-order chi connectivity index (χ1) is 9.94. The minimum Gasteiger partial charge on any atom is -0.336 e. The first kappa shape index (κ1) is 15.9. The Morgan fingerprint density at radius 1 is 1.24 bits per heavy atom. The summed E-state index contributed by atoms with van der Waals surface area (Å²) in [6.07, 6.45) is 1.19. The van der Waals surface area contributed by atoms with Gasteiger partial charge >= 0.3 is 0 Å². The molecular formula is C12H20N4O4S. The van der Waals surface area contributed by atoms with Gasteiger partial charge < -0.3 is 4.90 Å². The molecule has 2 aliphatic heterocycles. The second-order valence-corrected chi connectivity index (χ2v) is 7.30. The number of carbonyl (C=O) groups is 2. The highest BCUT2D eigenvalue weighted by atomic mass is 32.2. The monoisotopic (exact) mass is 316 g/mol. The highest BCUT2D eigenvalue weighted by Crippen LogP contribution is 2.11. The Morgan fingerprint density at radius 3 is 2.62 bits per heavy atom. The molecular weight excluding hydrogens is 296 g/mol. The molecule has 2 heterocycles. The van der Waals surface area contributed by atoms with Crippen molar-refractivity contribution < 1.29 is 18.0 Å². The zero-order valence-corrected chi connectivity index (χ0v) is 12.9. The van der Waals surface area contributed by atoms with Crippen molar-refractivity contribution in [1.82, 2.24) is 14.6 Å². The lowest BCUT2D eigenvalue weighted by Crippen LogP contribution is -2.42. The molecule has 0 unspecified atom stereocenters. The van der Waals surface area contributed by atoms with Crippen LogP contribution in [-0.2, 0) is 19.6 Å². The molecule has 21 heavy (non-hydrogen) atoms. The van der Waals surface area contributed by atoms with E-state index in [4.69, 9.17) is 0 Å². The summed E-state index contributed by atoms with van der Waals surface area (Å²) in [5.41, 5.74) is 2.64. The molecule has 0 bridgehead atoms. The van der Waals surface area contributed by atoms with Gasteiger partial charge in [0.05, 0.1) is 5.75 Å². The van der Waals surface area contributed by atoms with E-state index in [0.29, 0.717) is 44.7 Å². The number of nitrogens with zero attached hydrogens (tertiary/aromatic N) is 3. The van der Waals surface area contributed by atoms with Crippen LogP contribution in [0.2, 0.25) is 0 Å². The fourth-order valence-electron chi connectivity index (χ4n) is 2.37. The van der Waals surface area contributed by atoms with Gasteiger partial charge in [-0.3, -0.25) is 9.59 Å². The van der Waals surface area contributed by atoms with E-state index < -0.39 is 10.0 Å². The Hall–Kier alpha value is -1.48. The summed E-state index contributed by atoms with van der Waals surface area (Å²) in [6.45, 7) is 3.21. The predicted octanol–water partition coefficient (Wildman–Crippen LogP) is -0.864. The first-order valence-electron chi connectivity index (χ1n) is 7.06. The molecule has 0 spiro atoms. The highest BCUT2D eigenvalue weighted by Gasteiger charge is 2.28. The van der Waals surface area contributed by atoms with Gasteiger partial charge in [-0.25, -0.2) is 18.1 Å². The summed E-state index contributed by atoms with van der Waals surface area (Å²) < 4.78 is 25.2. The molecule has 1 fully saturated rings. The van der Waals surface area contributed by atoms with Gasteiger partial charge in [-0.05, 0) is 13.3 Å². The Balaban J connectivity index is 2.00. The van der Waals surface area contributed by atoms with Crippen molar-refractivity contribution in [2.45, 2.75) is 26.2 Å². The zero-order valence-electron chi connectivity index (χ0n) is 12.0. The van der Waals surface area contributed by atoms with Crippen molar-refractivity contribution in [2.75, 3.05) is 31.9 Å². The summed E-state index contributed by atoms with van der Waals surface area (Å²) in [6, 6.07) is 0. The number of carbonyl (C=O) groups excluding carboxylic acids is 2. The molecule has 118 valence electrons. The molecule has 9 heteroatoms. The van der Waals surface area contributed by atoms with Gasteiger partial charge in [0, 0.05) is 39.0 Å². The van der Waals surface area contributed by atoms with Crippen LogP contribution in [0.1, 0.15) is 26.2 Å². The largest absolute Gasteiger partial charge is 0.336 e. The lowest BCUT2D eigenvalue weighted by atomic mass is 10.1. The van der Waals surface area contributed by atoms with E-state index in [9.17, 15) is 18.0 Å². The minimum absolute atomic E-state index is 0.0691. The zero-order chi connectivity index (χ0) is 15.5. The average molecular weight is 316 g/mol. The molecule has 0 aromatic heterocycles. The summed E-state index contributed by atoms with van der Waals surface area (Å²) in [7, 11) is -3.22. The number of hydrazone groups is 1. The normalized spacial score (nSPS) is 21.5. The summed E-state index contributed by atoms with van der Waals surface area (Å²) in [5.74, 6) is -0.340. The minimum atomic E-state index is -3.22. The third kappa shape index (κ3) is 3.79. The van der Waals surface area contributed by atoms with Gasteiger partial charge in [-0.1, -0.05) is 0 Å². The summed E-state index contributed by atoms with van der Waals surface area (Å²) >= 11 is 0. The maximum absolute atomic E-state index is 12.3. The van der Waals surface area contributed by atoms with Crippen LogP contribution in [0.25, 0.3) is 0 Å². The van der Waals surface area contributed by atoms with Crippen LogP contribution >= 0.6 is 0 Å². The molecule has 2 aliphatic rings. The second-order valence-electron chi connectivity index (χ2n) is 5.04. The van der Waals surface area contributed by atoms with Crippen molar-refractivity contribution in [3.63, 3.8) is 0 Å². The fourth-order valence-corrected chi connectivity index (χ4v) is 3.50. The van der Waals surface area contributed by atoms with E-state index in [1.807, 2.05) is 0 Å². The van der Waals surface area contributed by atoms with E-state index in [-0.39, 0.29) is 24.0 Å². The number of nitrogens with one attached hydrogen (secondary N) is 1. The molecule has 0 radical (unpaired) electrons. The number of amides is 2. The van der Waals surface area contributed by atoms with E-state index in [1.165, 1.54) is 4.31 Å². The Kier molecular flexibility index (Phi) is 4.94. The van der Waals surface area contributed by atoms with E-state index in [0.717, 1.165) is 0 Å². The first-order valence-corrected chi connectivity index (χ1v) is 8.67. The third-order valence-electron chi connectivity index (χ3n) is 3.65. The number of hydrogen-bond donors (Lipinski definition) is 1. The summed E-state index contributed by atoms with van der Waals surface area (Å²) in [4.78, 5) is 25.0. The Labute approximate surface area is 124 Å². The van der Waals surface area contributed by atoms with Crippen molar-refractivity contribution in [3.05, 3.63) is 0 Å². The molecule has 0 aliphatic carbocycles. The molecule has 2 amide bonds. The van der Waals surface area contributed by atoms with Crippen LogP contribution < -0.4 is 5.43 Å². The third-order valence-corrected chi connectivity index (χ3v) is 5.53. The van der Waals surface area contributed by atoms with E-state index in [2.05, 4.69) is 10.5 Å². The smallest absolute Gasteiger partial charge is 0.270 e. The molecule has 1 N–H and O–H groups in total. The number of rotatable bonds is 3. The Bertz CT molecular complexity index is 558. The molecule has 2 rings (SSSR count). The van der Waals surface area contributed by atoms with Crippen LogP contribution in [0.5, 0.6) is 0 Å². The molecule has 0 saturated carbocycles. The Morgan fingerprint density at radius 2 is 2.00 bits per heavy atom. The molecule has 0 aromatic rings. The van der Waals surface area contributed by atoms with Crippen molar-refractivity contribution in [1.29, 1.82) is 0 Å². The topological polar surface area (TPSA) is 99.2 Å². The van der Waals surface area contributed by atoms with Crippen LogP contribution in [0, 0.1) is 0 Å². The fraction of sp³-hybridized carbons (Fsp3) is 0.750. The van der Waals surface area contributed by atoms with E-state index in [1.54, 1.807) is 11.8 Å². The number of hydrogen-bond acceptors (Lipinski definition) is 5. The predicted molar refractivity (Wildman–Crippen MR) is 77.0 cm³/mol. The van der Waals surface area contributed by atoms with Crippen molar-refractivity contribution in [2.24, 2.45) is 5.10 Å². The average Bonchev–Trinajstić information content (AvgIpc) is 2.73. The SMILES string of the molecule is CCS(=O)(=O)N1CCCN(C(=O)C2=NNC(=O)CC2)CC1. The molecule has 8 nitrogen and oxygen atoms in total. The quantitative estimate of drug-likeness (QED) is 0.732. The van der Waals surface area contributed by atoms with E-state index >= 15 is 0 Å². The molecule has 0 aromatic carbocycles. The highest BCUT2D eigenvalue weighted by molar-refractivity contribution is 7.89. The lowest BCUT2D eigenvalue weighted by molar-refractivity contribution is -0.124. The maximum Gasteiger partial charge on any atom is 0.270 e. The second kappa shape index (κ2) is 6.52. The van der Waals surface area contributed by atoms with Gasteiger partial charge in [0.15, 0.2) is 0 Å². The van der Waals surface area contributed by atoms with Crippen molar-refractivity contribution >= 4 is 27.5 Å². The van der Waals surface area contributed by atoms with Crippen LogP contribution in [0.3, 0.4) is 0 Å². The van der Waals surface area contributed by atoms with Crippen molar-refractivity contribution in [3.8, 4) is 0 Å². The molecule has 0 atom stereocenters. The van der Waals surface area contributed by atoms with Gasteiger partial charge in [-0.15, -0.1) is 0 Å². The van der Waals surface area contributed by atoms with Gasteiger partial charge in [0.25, 0.3) is 5.91 Å². The lowest BCUT2D eigenvalue weighted by Gasteiger charge is -2.23. The van der Waals surface area contributed by atoms with Gasteiger partial charge in [0.2, 0.25) is 15.9 Å². The standard InChI is InChI=1S/C12H20N4O4S/c1-2-21(19,20)16-7-3-6-15(8-9-16)12(18)10-4-5-11(17)14-13-10/h2-9H2,1H3,(H,14,17). The maximum atomic E-state index is 12.3. The van der Waals surface area contributed by atoms with Gasteiger partial charge in [-0.2, -0.15) is 5.10 Å². The summed E-state index contributed by atoms with van der Waals surface area (Å²) in [5, 5.41) is 3.79. The number of sulfonamides is 1. The molecule has 1 saturated heterocycles. The van der Waals surface area contributed by atoms with Crippen LogP contribution in [0.4, 0.5) is 0 Å². The van der Waals surface area contributed by atoms with Gasteiger partial charge in [0.1, 0.15) is 5.71 Å².